The van der Waals surface area contributed by atoms with Crippen LogP contribution in [0.15, 0.2) is 99.9 Å². The Morgan fingerprint density at radius 3 is 2.39 bits per heavy atom. The number of amides is 1. The van der Waals surface area contributed by atoms with Gasteiger partial charge in [0.2, 0.25) is 0 Å². The van der Waals surface area contributed by atoms with E-state index in [4.69, 9.17) is 9.73 Å². The summed E-state index contributed by atoms with van der Waals surface area (Å²) in [5.74, 6) is 0.493. The Bertz CT molecular complexity index is 2080. The summed E-state index contributed by atoms with van der Waals surface area (Å²) in [5, 5.41) is 1.08. The van der Waals surface area contributed by atoms with Crippen LogP contribution in [0.4, 0.5) is 0 Å². The highest BCUT2D eigenvalue weighted by molar-refractivity contribution is 7.07. The van der Waals surface area contributed by atoms with Gasteiger partial charge in [0.15, 0.2) is 4.80 Å². The van der Waals surface area contributed by atoms with Crippen molar-refractivity contribution in [1.29, 1.82) is 0 Å². The van der Waals surface area contributed by atoms with E-state index in [2.05, 4.69) is 47.9 Å². The van der Waals surface area contributed by atoms with E-state index in [1.807, 2.05) is 69.3 Å². The molecule has 3 aromatic carbocycles. The molecule has 8 heteroatoms. The average molecular weight is 605 g/mol. The number of allylic oxidation sites excluding steroid dienone is 1. The van der Waals surface area contributed by atoms with E-state index in [-0.39, 0.29) is 11.5 Å². The van der Waals surface area contributed by atoms with Gasteiger partial charge in [0.25, 0.3) is 11.5 Å². The molecule has 44 heavy (non-hydrogen) atoms. The van der Waals surface area contributed by atoms with E-state index >= 15 is 0 Å². The van der Waals surface area contributed by atoms with Gasteiger partial charge in [-0.05, 0) is 51.5 Å². The van der Waals surface area contributed by atoms with E-state index in [1.165, 1.54) is 16.9 Å². The van der Waals surface area contributed by atoms with Gasteiger partial charge in [-0.3, -0.25) is 14.2 Å². The Morgan fingerprint density at radius 2 is 1.66 bits per heavy atom. The molecule has 224 valence electrons. The zero-order chi connectivity index (χ0) is 31.0. The molecule has 1 aliphatic rings. The van der Waals surface area contributed by atoms with Gasteiger partial charge >= 0.3 is 0 Å². The third kappa shape index (κ3) is 4.99. The molecule has 1 aliphatic heterocycles. The smallest absolute Gasteiger partial charge is 0.271 e. The largest absolute Gasteiger partial charge is 0.496 e. The maximum absolute atomic E-state index is 14.4. The molecule has 0 bridgehead atoms. The summed E-state index contributed by atoms with van der Waals surface area (Å²) in [5.41, 5.74) is 6.09. The molecule has 6 rings (SSSR count). The number of carbonyl (C=O) groups excluding carboxylic acids is 1. The van der Waals surface area contributed by atoms with E-state index in [9.17, 15) is 9.59 Å². The maximum Gasteiger partial charge on any atom is 0.271 e. The molecule has 0 N–H and O–H groups in total. The van der Waals surface area contributed by atoms with E-state index < -0.39 is 6.04 Å². The summed E-state index contributed by atoms with van der Waals surface area (Å²) in [6, 6.07) is 25.6. The number of fused-ring (bicyclic) bond motifs is 2. The van der Waals surface area contributed by atoms with E-state index in [0.717, 1.165) is 34.3 Å². The number of para-hydroxylation sites is 2. The molecule has 5 aromatic rings. The predicted octanol–water partition coefficient (Wildman–Crippen LogP) is 5.42. The first kappa shape index (κ1) is 29.4. The molecule has 1 amide bonds. The molecule has 0 aliphatic carbocycles. The number of thiazole rings is 1. The van der Waals surface area contributed by atoms with Gasteiger partial charge in [-0.1, -0.05) is 78.1 Å². The van der Waals surface area contributed by atoms with Crippen LogP contribution in [0.2, 0.25) is 0 Å². The lowest BCUT2D eigenvalue weighted by molar-refractivity contribution is -0.127. The third-order valence-electron chi connectivity index (χ3n) is 8.47. The summed E-state index contributed by atoms with van der Waals surface area (Å²) in [6.45, 7) is 9.73. The summed E-state index contributed by atoms with van der Waals surface area (Å²) < 4.78 is 10.3. The van der Waals surface area contributed by atoms with Gasteiger partial charge in [0.1, 0.15) is 11.8 Å². The predicted molar refractivity (Wildman–Crippen MR) is 177 cm³/mol. The summed E-state index contributed by atoms with van der Waals surface area (Å²) >= 11 is 1.36. The Balaban J connectivity index is 1.57. The third-order valence-corrected chi connectivity index (χ3v) is 9.46. The summed E-state index contributed by atoms with van der Waals surface area (Å²) in [7, 11) is 1.61. The number of likely N-dealkylation sites (N-methyl/N-ethyl adjacent to an activating group) is 1. The van der Waals surface area contributed by atoms with Gasteiger partial charge in [0.05, 0.1) is 22.9 Å². The topological polar surface area (TPSA) is 68.8 Å². The number of methoxy groups -OCH3 is 1. The van der Waals surface area contributed by atoms with E-state index in [0.29, 0.717) is 39.4 Å². The van der Waals surface area contributed by atoms with Crippen molar-refractivity contribution in [3.8, 4) is 5.75 Å². The zero-order valence-electron chi connectivity index (χ0n) is 25.7. The van der Waals surface area contributed by atoms with Crippen molar-refractivity contribution in [3.63, 3.8) is 0 Å². The fraction of sp³-hybridized carbons (Fsp3) is 0.250. The molecule has 0 saturated heterocycles. The highest BCUT2D eigenvalue weighted by Crippen LogP contribution is 2.36. The minimum atomic E-state index is -0.668. The normalized spacial score (nSPS) is 14.9. The molecular weight excluding hydrogens is 568 g/mol. The van der Waals surface area contributed by atoms with Crippen molar-refractivity contribution in [2.45, 2.75) is 40.3 Å². The summed E-state index contributed by atoms with van der Waals surface area (Å²) in [4.78, 5) is 35.6. The van der Waals surface area contributed by atoms with Gasteiger partial charge in [-0.15, -0.1) is 0 Å². The van der Waals surface area contributed by atoms with Crippen molar-refractivity contribution in [2.75, 3.05) is 20.2 Å². The Labute approximate surface area is 260 Å². The van der Waals surface area contributed by atoms with Crippen LogP contribution in [0.5, 0.6) is 5.75 Å². The van der Waals surface area contributed by atoms with Gasteiger partial charge in [-0.2, -0.15) is 0 Å². The number of benzene rings is 3. The molecule has 1 atom stereocenters. The first-order chi connectivity index (χ1) is 21.4. The fourth-order valence-electron chi connectivity index (χ4n) is 6.20. The van der Waals surface area contributed by atoms with Crippen LogP contribution in [0.3, 0.4) is 0 Å². The lowest BCUT2D eigenvalue weighted by Crippen LogP contribution is -2.43. The number of rotatable bonds is 8. The number of aromatic nitrogens is 2. The lowest BCUT2D eigenvalue weighted by Gasteiger charge is -2.29. The molecule has 0 saturated carbocycles. The number of carbonyl (C=O) groups is 1. The maximum atomic E-state index is 14.4. The summed E-state index contributed by atoms with van der Waals surface area (Å²) in [6.07, 6.45) is 1.99. The van der Waals surface area contributed by atoms with Crippen LogP contribution in [0, 0.1) is 6.92 Å². The second-order valence-corrected chi connectivity index (χ2v) is 11.9. The zero-order valence-corrected chi connectivity index (χ0v) is 26.5. The van der Waals surface area contributed by atoms with E-state index in [1.54, 1.807) is 16.6 Å². The van der Waals surface area contributed by atoms with Crippen LogP contribution in [0.25, 0.3) is 17.0 Å². The van der Waals surface area contributed by atoms with Crippen LogP contribution in [-0.2, 0) is 11.3 Å². The van der Waals surface area contributed by atoms with Gasteiger partial charge < -0.3 is 14.2 Å². The SMILES string of the molecule is CCN(CC)C(=O)C1=C(C)N=c2s/c(=C/c3c(C)n(Cc4ccccc4)c4ccccc34)c(=O)n2[C@@H]1c1ccccc1OC. The minimum Gasteiger partial charge on any atom is -0.496 e. The van der Waals surface area contributed by atoms with Crippen molar-refractivity contribution in [2.24, 2.45) is 4.99 Å². The van der Waals surface area contributed by atoms with Crippen molar-refractivity contribution >= 4 is 34.2 Å². The molecule has 0 radical (unpaired) electrons. The molecule has 0 spiro atoms. The Morgan fingerprint density at radius 1 is 0.977 bits per heavy atom. The van der Waals surface area contributed by atoms with Crippen molar-refractivity contribution < 1.29 is 9.53 Å². The van der Waals surface area contributed by atoms with Crippen LogP contribution in [0.1, 0.15) is 49.2 Å². The second-order valence-electron chi connectivity index (χ2n) is 10.9. The number of nitrogens with zero attached hydrogens (tertiary/aromatic N) is 4. The molecule has 2 aromatic heterocycles. The average Bonchev–Trinajstić information content (AvgIpc) is 3.49. The second kappa shape index (κ2) is 12.1. The van der Waals surface area contributed by atoms with Crippen molar-refractivity contribution in [1.82, 2.24) is 14.0 Å². The standard InChI is InChI=1S/C36H36N4O3S/c1-6-38(7-2)35(42)32-23(3)37-36-40(33(32)27-18-12-14-20-30(27)43-5)34(41)31(44-36)21-28-24(4)39(22-25-15-9-8-10-16-25)29-19-13-11-17-26(28)29/h8-21,33H,6-7,22H2,1-5H3/b31-21+/t33-/m1/s1. The lowest BCUT2D eigenvalue weighted by atomic mass is 9.94. The molecular formula is C36H36N4O3S. The molecule has 0 fully saturated rings. The minimum absolute atomic E-state index is 0.124. The number of ether oxygens (including phenoxy) is 1. The molecule has 3 heterocycles. The molecule has 7 nitrogen and oxygen atoms in total. The number of hydrogen-bond acceptors (Lipinski definition) is 5. The van der Waals surface area contributed by atoms with Crippen molar-refractivity contribution in [3.05, 3.63) is 132 Å². The highest BCUT2D eigenvalue weighted by atomic mass is 32.1. The Kier molecular flexibility index (Phi) is 8.10. The highest BCUT2D eigenvalue weighted by Gasteiger charge is 2.35. The first-order valence-corrected chi connectivity index (χ1v) is 15.8. The number of hydrogen-bond donors (Lipinski definition) is 0. The Hall–Kier alpha value is -4.69. The fourth-order valence-corrected chi connectivity index (χ4v) is 7.23. The molecule has 0 unspecified atom stereocenters. The van der Waals surface area contributed by atoms with Crippen LogP contribution < -0.4 is 19.6 Å². The quantitative estimate of drug-likeness (QED) is 0.238. The van der Waals surface area contributed by atoms with Gasteiger partial charge in [-0.25, -0.2) is 4.99 Å². The van der Waals surface area contributed by atoms with Gasteiger partial charge in [0, 0.05) is 47.4 Å². The van der Waals surface area contributed by atoms with Crippen LogP contribution in [-0.4, -0.2) is 40.1 Å². The first-order valence-electron chi connectivity index (χ1n) is 14.9. The monoisotopic (exact) mass is 604 g/mol. The van der Waals surface area contributed by atoms with Crippen LogP contribution >= 0.6 is 11.3 Å².